The van der Waals surface area contributed by atoms with E-state index in [1.807, 2.05) is 27.7 Å². The predicted molar refractivity (Wildman–Crippen MR) is 111 cm³/mol. The van der Waals surface area contributed by atoms with E-state index in [1.54, 1.807) is 0 Å². The maximum absolute atomic E-state index is 12.0. The molecule has 1 amide bonds. The van der Waals surface area contributed by atoms with Gasteiger partial charge in [0, 0.05) is 44.1 Å². The molecule has 0 saturated heterocycles. The summed E-state index contributed by atoms with van der Waals surface area (Å²) in [5.41, 5.74) is 0. The fraction of sp³-hybridized carbons (Fsp3) is 0.909. The highest BCUT2D eigenvalue weighted by Gasteiger charge is 2.28. The summed E-state index contributed by atoms with van der Waals surface area (Å²) in [6.45, 7) is 14.8. The molecule has 160 valence electrons. The zero-order chi connectivity index (χ0) is 20.7. The molecule has 0 spiro atoms. The quantitative estimate of drug-likeness (QED) is 0.506. The van der Waals surface area contributed by atoms with Crippen LogP contribution < -0.4 is 5.32 Å². The highest BCUT2D eigenvalue weighted by Crippen LogP contribution is 2.27. The minimum atomic E-state index is 0.0506. The number of Topliss-reactive ketones (excluding diaryl/α,β-unsaturated/α-hetero) is 1. The lowest BCUT2D eigenvalue weighted by Gasteiger charge is -2.29. The molecule has 1 fully saturated rings. The van der Waals surface area contributed by atoms with E-state index in [4.69, 9.17) is 9.47 Å². The summed E-state index contributed by atoms with van der Waals surface area (Å²) in [5, 5.41) is 3.08. The van der Waals surface area contributed by atoms with Crippen molar-refractivity contribution >= 4 is 11.7 Å². The van der Waals surface area contributed by atoms with E-state index in [1.165, 1.54) is 0 Å². The van der Waals surface area contributed by atoms with Crippen LogP contribution in [-0.2, 0) is 19.1 Å². The van der Waals surface area contributed by atoms with Crippen LogP contribution in [0.4, 0.5) is 0 Å². The largest absolute Gasteiger partial charge is 0.381 e. The van der Waals surface area contributed by atoms with Crippen molar-refractivity contribution in [2.45, 2.75) is 86.1 Å². The normalized spacial score (nSPS) is 19.6. The van der Waals surface area contributed by atoms with E-state index in [2.05, 4.69) is 19.2 Å². The fourth-order valence-corrected chi connectivity index (χ4v) is 3.14. The average Bonchev–Trinajstić information content (AvgIpc) is 2.65. The molecule has 0 atom stereocenters. The molecule has 0 aromatic heterocycles. The lowest BCUT2D eigenvalue weighted by molar-refractivity contribution is -0.127. The van der Waals surface area contributed by atoms with Crippen molar-refractivity contribution in [3.05, 3.63) is 0 Å². The van der Waals surface area contributed by atoms with Crippen molar-refractivity contribution < 1.29 is 19.1 Å². The Bertz CT molecular complexity index is 388. The molecule has 0 heterocycles. The van der Waals surface area contributed by atoms with Gasteiger partial charge in [0.2, 0.25) is 5.91 Å². The van der Waals surface area contributed by atoms with Crippen molar-refractivity contribution in [1.29, 1.82) is 0 Å². The molecule has 0 unspecified atom stereocenters. The van der Waals surface area contributed by atoms with Gasteiger partial charge in [-0.15, -0.1) is 0 Å². The van der Waals surface area contributed by atoms with Crippen LogP contribution in [0.3, 0.4) is 0 Å². The third-order valence-electron chi connectivity index (χ3n) is 4.57. The molecule has 1 aliphatic carbocycles. The molecular weight excluding hydrogens is 342 g/mol. The number of carbonyl (C=O) groups is 2. The summed E-state index contributed by atoms with van der Waals surface area (Å²) < 4.78 is 11.0. The summed E-state index contributed by atoms with van der Waals surface area (Å²) in [7, 11) is 0. The van der Waals surface area contributed by atoms with Crippen LogP contribution >= 0.6 is 0 Å². The van der Waals surface area contributed by atoms with Crippen molar-refractivity contribution in [3.8, 4) is 0 Å². The molecule has 0 bridgehead atoms. The van der Waals surface area contributed by atoms with Gasteiger partial charge in [0.15, 0.2) is 0 Å². The number of ketones is 1. The Balaban J connectivity index is 0.00000326. The Kier molecular flexibility index (Phi) is 15.5. The first-order valence-corrected chi connectivity index (χ1v) is 10.9. The van der Waals surface area contributed by atoms with Crippen LogP contribution in [0.25, 0.3) is 0 Å². The summed E-state index contributed by atoms with van der Waals surface area (Å²) in [6.07, 6.45) is 4.87. The monoisotopic (exact) mass is 385 g/mol. The zero-order valence-electron chi connectivity index (χ0n) is 18.5. The Labute approximate surface area is 167 Å². The third-order valence-corrected chi connectivity index (χ3v) is 4.57. The number of hydrogen-bond donors (Lipinski definition) is 1. The highest BCUT2D eigenvalue weighted by molar-refractivity contribution is 5.83. The van der Waals surface area contributed by atoms with Crippen LogP contribution in [0.5, 0.6) is 0 Å². The van der Waals surface area contributed by atoms with Gasteiger partial charge in [0.1, 0.15) is 5.78 Å². The van der Waals surface area contributed by atoms with Gasteiger partial charge in [-0.25, -0.2) is 0 Å². The van der Waals surface area contributed by atoms with Gasteiger partial charge in [-0.1, -0.05) is 41.5 Å². The van der Waals surface area contributed by atoms with E-state index in [0.29, 0.717) is 37.9 Å². The second kappa shape index (κ2) is 16.1. The van der Waals surface area contributed by atoms with Gasteiger partial charge >= 0.3 is 0 Å². The number of carbonyl (C=O) groups excluding carboxylic acids is 2. The highest BCUT2D eigenvalue weighted by atomic mass is 16.5. The van der Waals surface area contributed by atoms with Crippen LogP contribution in [0, 0.1) is 17.8 Å². The smallest absolute Gasteiger partial charge is 0.222 e. The molecule has 5 heteroatoms. The van der Waals surface area contributed by atoms with Crippen LogP contribution in [-0.4, -0.2) is 44.2 Å². The van der Waals surface area contributed by atoms with Gasteiger partial charge in [-0.2, -0.15) is 0 Å². The number of nitrogens with one attached hydrogen (secondary N) is 1. The van der Waals surface area contributed by atoms with Gasteiger partial charge < -0.3 is 14.8 Å². The van der Waals surface area contributed by atoms with Crippen molar-refractivity contribution in [2.75, 3.05) is 26.4 Å². The molecule has 1 saturated carbocycles. The van der Waals surface area contributed by atoms with Crippen molar-refractivity contribution in [1.82, 2.24) is 5.32 Å². The van der Waals surface area contributed by atoms with Crippen molar-refractivity contribution in [3.63, 3.8) is 0 Å². The molecule has 0 radical (unpaired) electrons. The molecule has 0 aliphatic heterocycles. The molecule has 1 rings (SSSR count). The van der Waals surface area contributed by atoms with Gasteiger partial charge in [0.25, 0.3) is 0 Å². The molecule has 5 nitrogen and oxygen atoms in total. The standard InChI is InChI=1S/C20H37NO4.C2H6/c1-15(2)14-25-12-5-11-24-13-10-19(22)21-18-8-6-17(7-9-18)20(23)16(3)4;1-2/h15-18H,5-14H2,1-4H3,(H,21,22);1-2H3. The van der Waals surface area contributed by atoms with Crippen molar-refractivity contribution in [2.24, 2.45) is 17.8 Å². The summed E-state index contributed by atoms with van der Waals surface area (Å²) >= 11 is 0. The molecule has 1 N–H and O–H groups in total. The van der Waals surface area contributed by atoms with Gasteiger partial charge in [-0.05, 0) is 38.0 Å². The van der Waals surface area contributed by atoms with E-state index < -0.39 is 0 Å². The topological polar surface area (TPSA) is 64.6 Å². The first-order chi connectivity index (χ1) is 12.9. The van der Waals surface area contributed by atoms with E-state index in [0.717, 1.165) is 38.7 Å². The van der Waals surface area contributed by atoms with Crippen LogP contribution in [0.1, 0.15) is 80.1 Å². The number of hydrogen-bond acceptors (Lipinski definition) is 4. The minimum absolute atomic E-state index is 0.0506. The van der Waals surface area contributed by atoms with Gasteiger partial charge in [0.05, 0.1) is 6.61 Å². The zero-order valence-corrected chi connectivity index (χ0v) is 18.5. The lowest BCUT2D eigenvalue weighted by Crippen LogP contribution is -2.39. The molecule has 0 aromatic carbocycles. The maximum atomic E-state index is 12.0. The van der Waals surface area contributed by atoms with Crippen LogP contribution in [0.2, 0.25) is 0 Å². The number of ether oxygens (including phenoxy) is 2. The molecule has 0 aromatic rings. The average molecular weight is 386 g/mol. The molecule has 1 aliphatic rings. The van der Waals surface area contributed by atoms with E-state index >= 15 is 0 Å². The molecular formula is C22H43NO4. The molecule has 27 heavy (non-hydrogen) atoms. The minimum Gasteiger partial charge on any atom is -0.381 e. The third kappa shape index (κ3) is 13.0. The first kappa shape index (κ1) is 26.1. The van der Waals surface area contributed by atoms with E-state index in [-0.39, 0.29) is 23.8 Å². The van der Waals surface area contributed by atoms with Crippen LogP contribution in [0.15, 0.2) is 0 Å². The second-order valence-electron chi connectivity index (χ2n) is 7.86. The predicted octanol–water partition coefficient (Wildman–Crippen LogP) is 4.38. The summed E-state index contributed by atoms with van der Waals surface area (Å²) in [5.74, 6) is 1.28. The number of amides is 1. The Morgan fingerprint density at radius 2 is 1.52 bits per heavy atom. The van der Waals surface area contributed by atoms with E-state index in [9.17, 15) is 9.59 Å². The number of rotatable bonds is 12. The second-order valence-corrected chi connectivity index (χ2v) is 7.86. The maximum Gasteiger partial charge on any atom is 0.222 e. The fourth-order valence-electron chi connectivity index (χ4n) is 3.14. The summed E-state index contributed by atoms with van der Waals surface area (Å²) in [4.78, 5) is 24.0. The first-order valence-electron chi connectivity index (χ1n) is 10.9. The Hall–Kier alpha value is -0.940. The van der Waals surface area contributed by atoms with Gasteiger partial charge in [-0.3, -0.25) is 9.59 Å². The SMILES string of the molecule is CC.CC(C)COCCCOCCC(=O)NC1CCC(C(=O)C(C)C)CC1. The lowest BCUT2D eigenvalue weighted by atomic mass is 9.80. The Morgan fingerprint density at radius 1 is 0.926 bits per heavy atom. The Morgan fingerprint density at radius 3 is 2.07 bits per heavy atom. The summed E-state index contributed by atoms with van der Waals surface area (Å²) in [6, 6.07) is 0.216.